The maximum atomic E-state index is 4.82. The van der Waals surface area contributed by atoms with Crippen LogP contribution in [0.15, 0.2) is 77.5 Å². The zero-order valence-electron chi connectivity index (χ0n) is 11.6. The van der Waals surface area contributed by atoms with Crippen LogP contribution < -0.4 is 0 Å². The van der Waals surface area contributed by atoms with E-state index in [1.165, 1.54) is 6.26 Å². The van der Waals surface area contributed by atoms with Gasteiger partial charge in [-0.15, -0.1) is 5.10 Å². The zero-order valence-corrected chi connectivity index (χ0v) is 11.6. The van der Waals surface area contributed by atoms with Gasteiger partial charge in [0, 0.05) is 10.8 Å². The Morgan fingerprint density at radius 2 is 1.55 bits per heavy atom. The number of hydrogen-bond acceptors (Lipinski definition) is 4. The third kappa shape index (κ3) is 2.18. The Hall–Kier alpha value is -3.21. The molecule has 22 heavy (non-hydrogen) atoms. The lowest BCUT2D eigenvalue weighted by Crippen LogP contribution is -1.98. The first-order valence-electron chi connectivity index (χ1n) is 6.90. The van der Waals surface area contributed by atoms with Crippen molar-refractivity contribution in [2.24, 2.45) is 0 Å². The van der Waals surface area contributed by atoms with Crippen molar-refractivity contribution in [1.29, 1.82) is 0 Å². The first kappa shape index (κ1) is 12.5. The van der Waals surface area contributed by atoms with E-state index in [0.717, 1.165) is 22.6 Å². The van der Waals surface area contributed by atoms with Crippen molar-refractivity contribution in [2.45, 2.75) is 0 Å². The molecule has 0 saturated heterocycles. The second kappa shape index (κ2) is 5.29. The molecule has 4 aromatic rings. The van der Waals surface area contributed by atoms with E-state index in [1.54, 1.807) is 0 Å². The van der Waals surface area contributed by atoms with Gasteiger partial charge in [-0.25, -0.2) is 4.68 Å². The Morgan fingerprint density at radius 1 is 0.818 bits per heavy atom. The van der Waals surface area contributed by atoms with E-state index >= 15 is 0 Å². The summed E-state index contributed by atoms with van der Waals surface area (Å²) < 4.78 is 6.72. The van der Waals surface area contributed by atoms with Crippen LogP contribution in [0.5, 0.6) is 0 Å². The van der Waals surface area contributed by atoms with Gasteiger partial charge in [-0.3, -0.25) is 0 Å². The lowest BCUT2D eigenvalue weighted by molar-refractivity contribution is 0.393. The summed E-state index contributed by atoms with van der Waals surface area (Å²) in [5, 5.41) is 12.1. The van der Waals surface area contributed by atoms with Gasteiger partial charge in [-0.2, -0.15) is 5.10 Å². The van der Waals surface area contributed by atoms with Gasteiger partial charge in [-0.1, -0.05) is 48.5 Å². The highest BCUT2D eigenvalue weighted by Crippen LogP contribution is 2.27. The molecule has 0 unspecified atom stereocenters. The monoisotopic (exact) mass is 288 g/mol. The van der Waals surface area contributed by atoms with Crippen molar-refractivity contribution in [3.63, 3.8) is 0 Å². The molecule has 0 saturated carbocycles. The van der Waals surface area contributed by atoms with Crippen LogP contribution in [-0.2, 0) is 0 Å². The molecule has 5 heteroatoms. The third-order valence-electron chi connectivity index (χ3n) is 3.40. The standard InChI is InChI=1S/C17H12N4O/c1-3-7-13(8-4-1)17-11-15(16-12-22-20-18-16)19-21(17)14-9-5-2-6-10-14/h1-12H. The molecule has 0 bridgehead atoms. The summed E-state index contributed by atoms with van der Waals surface area (Å²) in [5.41, 5.74) is 4.41. The van der Waals surface area contributed by atoms with Crippen molar-refractivity contribution in [3.8, 4) is 28.3 Å². The number of para-hydroxylation sites is 1. The van der Waals surface area contributed by atoms with E-state index in [4.69, 9.17) is 4.52 Å². The van der Waals surface area contributed by atoms with Crippen LogP contribution in [0.2, 0.25) is 0 Å². The van der Waals surface area contributed by atoms with E-state index in [9.17, 15) is 0 Å². The highest BCUT2D eigenvalue weighted by Gasteiger charge is 2.14. The lowest BCUT2D eigenvalue weighted by Gasteiger charge is -2.07. The molecule has 4 rings (SSSR count). The fourth-order valence-electron chi connectivity index (χ4n) is 2.36. The number of nitrogens with zero attached hydrogens (tertiary/aromatic N) is 4. The molecule has 0 aliphatic rings. The van der Waals surface area contributed by atoms with Crippen LogP contribution in [0.3, 0.4) is 0 Å². The molecule has 2 aromatic heterocycles. The highest BCUT2D eigenvalue weighted by atomic mass is 16.5. The smallest absolute Gasteiger partial charge is 0.154 e. The molecule has 106 valence electrons. The molecule has 0 atom stereocenters. The summed E-state index contributed by atoms with van der Waals surface area (Å²) in [6.45, 7) is 0. The second-order valence-corrected chi connectivity index (χ2v) is 4.82. The van der Waals surface area contributed by atoms with Gasteiger partial charge in [0.15, 0.2) is 12.0 Å². The quantitative estimate of drug-likeness (QED) is 0.578. The predicted molar refractivity (Wildman–Crippen MR) is 82.3 cm³/mol. The van der Waals surface area contributed by atoms with Gasteiger partial charge in [0.2, 0.25) is 0 Å². The molecule has 2 aromatic carbocycles. The maximum absolute atomic E-state index is 4.82. The van der Waals surface area contributed by atoms with Crippen molar-refractivity contribution in [2.75, 3.05) is 0 Å². The molecule has 0 aliphatic heterocycles. The minimum Gasteiger partial charge on any atom is -0.345 e. The van der Waals surface area contributed by atoms with Gasteiger partial charge in [-0.05, 0) is 18.2 Å². The van der Waals surface area contributed by atoms with E-state index in [1.807, 2.05) is 59.3 Å². The molecule has 0 radical (unpaired) electrons. The van der Waals surface area contributed by atoms with E-state index in [-0.39, 0.29) is 0 Å². The van der Waals surface area contributed by atoms with Crippen LogP contribution in [0, 0.1) is 0 Å². The number of benzene rings is 2. The number of hydrogen-bond donors (Lipinski definition) is 0. The maximum Gasteiger partial charge on any atom is 0.154 e. The average molecular weight is 288 g/mol. The summed E-state index contributed by atoms with van der Waals surface area (Å²) in [4.78, 5) is 0. The summed E-state index contributed by atoms with van der Waals surface area (Å²) >= 11 is 0. The summed E-state index contributed by atoms with van der Waals surface area (Å²) in [6, 6.07) is 22.1. The van der Waals surface area contributed by atoms with Crippen molar-refractivity contribution in [1.82, 2.24) is 20.2 Å². The minimum atomic E-state index is 0.617. The summed E-state index contributed by atoms with van der Waals surface area (Å²) in [7, 11) is 0. The minimum absolute atomic E-state index is 0.617. The highest BCUT2D eigenvalue weighted by molar-refractivity contribution is 5.68. The lowest BCUT2D eigenvalue weighted by atomic mass is 10.1. The Bertz CT molecular complexity index is 811. The van der Waals surface area contributed by atoms with Gasteiger partial charge in [0.05, 0.1) is 11.4 Å². The Kier molecular flexibility index (Phi) is 3.01. The fraction of sp³-hybridized carbons (Fsp3) is 0. The van der Waals surface area contributed by atoms with E-state index < -0.39 is 0 Å². The van der Waals surface area contributed by atoms with Crippen molar-refractivity contribution >= 4 is 0 Å². The van der Waals surface area contributed by atoms with Crippen molar-refractivity contribution in [3.05, 3.63) is 73.0 Å². The first-order valence-corrected chi connectivity index (χ1v) is 6.90. The normalized spacial score (nSPS) is 10.7. The van der Waals surface area contributed by atoms with Crippen molar-refractivity contribution < 1.29 is 4.52 Å². The Morgan fingerprint density at radius 3 is 2.23 bits per heavy atom. The molecule has 0 amide bonds. The van der Waals surface area contributed by atoms with Gasteiger partial charge in [0.25, 0.3) is 0 Å². The Labute approximate surface area is 126 Å². The summed E-state index contributed by atoms with van der Waals surface area (Å²) in [6.07, 6.45) is 1.49. The zero-order chi connectivity index (χ0) is 14.8. The second-order valence-electron chi connectivity index (χ2n) is 4.82. The molecule has 5 nitrogen and oxygen atoms in total. The van der Waals surface area contributed by atoms with Gasteiger partial charge >= 0.3 is 0 Å². The first-order chi connectivity index (χ1) is 10.9. The molecule has 0 fully saturated rings. The van der Waals surface area contributed by atoms with E-state index in [0.29, 0.717) is 5.69 Å². The molecule has 0 spiro atoms. The molecular formula is C17H12N4O. The van der Waals surface area contributed by atoms with Gasteiger partial charge in [0.1, 0.15) is 5.69 Å². The Balaban J connectivity index is 1.92. The third-order valence-corrected chi connectivity index (χ3v) is 3.40. The van der Waals surface area contributed by atoms with Crippen LogP contribution in [0.25, 0.3) is 28.3 Å². The van der Waals surface area contributed by atoms with E-state index in [2.05, 4.69) is 27.6 Å². The van der Waals surface area contributed by atoms with Crippen LogP contribution in [-0.4, -0.2) is 20.2 Å². The van der Waals surface area contributed by atoms with Gasteiger partial charge < -0.3 is 4.52 Å². The predicted octanol–water partition coefficient (Wildman–Crippen LogP) is 3.59. The molecular weight excluding hydrogens is 276 g/mol. The largest absolute Gasteiger partial charge is 0.345 e. The fourth-order valence-corrected chi connectivity index (χ4v) is 2.36. The van der Waals surface area contributed by atoms with Crippen LogP contribution in [0.4, 0.5) is 0 Å². The topological polar surface area (TPSA) is 56.7 Å². The summed E-state index contributed by atoms with van der Waals surface area (Å²) in [5.74, 6) is 0. The molecule has 2 heterocycles. The average Bonchev–Trinajstić information content (AvgIpc) is 3.26. The van der Waals surface area contributed by atoms with Crippen LogP contribution in [0.1, 0.15) is 0 Å². The number of rotatable bonds is 3. The SMILES string of the molecule is c1ccc(-c2cc(-c3conn3)nn2-c2ccccc2)cc1. The molecule has 0 aliphatic carbocycles. The molecule has 0 N–H and O–H groups in total. The van der Waals surface area contributed by atoms with Crippen LogP contribution >= 0.6 is 0 Å². The number of aromatic nitrogens is 4.